The fourth-order valence-corrected chi connectivity index (χ4v) is 3.05. The quantitative estimate of drug-likeness (QED) is 0.911. The maximum atomic E-state index is 13.2. The summed E-state index contributed by atoms with van der Waals surface area (Å²) in [5.74, 6) is -0.127. The Bertz CT molecular complexity index is 732. The number of nitrogens with one attached hydrogen (secondary N) is 2. The topological polar surface area (TPSA) is 54.0 Å². The number of fused-ring (bicyclic) bond motifs is 1. The molecule has 3 rings (SSSR count). The van der Waals surface area contributed by atoms with Gasteiger partial charge in [-0.2, -0.15) is 0 Å². The lowest BCUT2D eigenvalue weighted by Crippen LogP contribution is -2.37. The molecular formula is C18H22FN3O. The average molecular weight is 315 g/mol. The molecule has 2 N–H and O–H groups in total. The van der Waals surface area contributed by atoms with E-state index in [1.54, 1.807) is 0 Å². The van der Waals surface area contributed by atoms with Crippen LogP contribution >= 0.6 is 0 Å². The number of hydrogen-bond donors (Lipinski definition) is 2. The highest BCUT2D eigenvalue weighted by molar-refractivity contribution is 6.06. The number of amides is 1. The molecule has 2 aromatic rings. The number of aryl methyl sites for hydroxylation is 2. The third-order valence-electron chi connectivity index (χ3n) is 4.33. The van der Waals surface area contributed by atoms with Crippen molar-refractivity contribution < 1.29 is 9.18 Å². The molecule has 1 aliphatic heterocycles. The lowest BCUT2D eigenvalue weighted by atomic mass is 10.0. The van der Waals surface area contributed by atoms with E-state index < -0.39 is 6.17 Å². The second-order valence-electron chi connectivity index (χ2n) is 6.16. The van der Waals surface area contributed by atoms with Gasteiger partial charge in [0.25, 0.3) is 5.91 Å². The normalized spacial score (nSPS) is 20.8. The van der Waals surface area contributed by atoms with Gasteiger partial charge in [0.15, 0.2) is 0 Å². The number of halogens is 1. The predicted octanol–water partition coefficient (Wildman–Crippen LogP) is 2.54. The van der Waals surface area contributed by atoms with E-state index in [0.29, 0.717) is 25.1 Å². The summed E-state index contributed by atoms with van der Waals surface area (Å²) in [5, 5.41) is 6.87. The molecule has 1 aromatic heterocycles. The van der Waals surface area contributed by atoms with Gasteiger partial charge in [-0.25, -0.2) is 4.39 Å². The first-order valence-electron chi connectivity index (χ1n) is 8.12. The number of alkyl halides is 1. The maximum absolute atomic E-state index is 13.2. The van der Waals surface area contributed by atoms with E-state index in [9.17, 15) is 9.18 Å². The maximum Gasteiger partial charge on any atom is 0.252 e. The van der Waals surface area contributed by atoms with Crippen molar-refractivity contribution in [3.05, 3.63) is 41.1 Å². The van der Waals surface area contributed by atoms with Gasteiger partial charge in [-0.1, -0.05) is 13.0 Å². The molecule has 1 fully saturated rings. The summed E-state index contributed by atoms with van der Waals surface area (Å²) >= 11 is 0. The minimum atomic E-state index is -0.812. The average Bonchev–Trinajstić information content (AvgIpc) is 2.96. The van der Waals surface area contributed by atoms with Gasteiger partial charge in [-0.05, 0) is 43.5 Å². The van der Waals surface area contributed by atoms with Crippen molar-refractivity contribution in [3.63, 3.8) is 0 Å². The molecule has 5 heteroatoms. The summed E-state index contributed by atoms with van der Waals surface area (Å²) in [6, 6.07) is 7.86. The lowest BCUT2D eigenvalue weighted by Gasteiger charge is -2.13. The van der Waals surface area contributed by atoms with Gasteiger partial charge in [0.2, 0.25) is 0 Å². The van der Waals surface area contributed by atoms with E-state index in [-0.39, 0.29) is 11.9 Å². The summed E-state index contributed by atoms with van der Waals surface area (Å²) in [6.45, 7) is 4.78. The standard InChI is InChI=1S/C18H22FN3O/c1-3-12-4-5-17-15(7-12)16(6-11(2)22-17)18(23)21-10-14-8-13(19)9-20-14/h4-7,13-14,20H,3,8-10H2,1-2H3,(H,21,23)/t13-,14-/m0/s1. The SMILES string of the molecule is CCc1ccc2nc(C)cc(C(=O)NC[C@@H]3C[C@H](F)CN3)c2c1. The van der Waals surface area contributed by atoms with Gasteiger partial charge in [0, 0.05) is 30.2 Å². The molecule has 0 unspecified atom stereocenters. The minimum absolute atomic E-state index is 0.00866. The second-order valence-corrected chi connectivity index (χ2v) is 6.16. The largest absolute Gasteiger partial charge is 0.350 e. The Kier molecular flexibility index (Phi) is 4.57. The van der Waals surface area contributed by atoms with Crippen molar-refractivity contribution in [1.82, 2.24) is 15.6 Å². The van der Waals surface area contributed by atoms with E-state index in [1.165, 1.54) is 5.56 Å². The Morgan fingerprint density at radius 1 is 1.43 bits per heavy atom. The molecule has 1 amide bonds. The zero-order valence-corrected chi connectivity index (χ0v) is 13.5. The first kappa shape index (κ1) is 15.9. The highest BCUT2D eigenvalue weighted by Crippen LogP contribution is 2.21. The lowest BCUT2D eigenvalue weighted by molar-refractivity contribution is 0.0951. The second kappa shape index (κ2) is 6.62. The van der Waals surface area contributed by atoms with Crippen LogP contribution in [0.4, 0.5) is 4.39 Å². The number of rotatable bonds is 4. The molecule has 2 atom stereocenters. The Morgan fingerprint density at radius 2 is 2.26 bits per heavy atom. The third kappa shape index (κ3) is 3.50. The van der Waals surface area contributed by atoms with Crippen LogP contribution < -0.4 is 10.6 Å². The van der Waals surface area contributed by atoms with Gasteiger partial charge in [-0.15, -0.1) is 0 Å². The molecule has 4 nitrogen and oxygen atoms in total. The minimum Gasteiger partial charge on any atom is -0.350 e. The number of aromatic nitrogens is 1. The first-order valence-corrected chi connectivity index (χ1v) is 8.12. The number of pyridine rings is 1. The van der Waals surface area contributed by atoms with Crippen LogP contribution in [-0.2, 0) is 6.42 Å². The summed E-state index contributed by atoms with van der Waals surface area (Å²) in [5.41, 5.74) is 3.46. The van der Waals surface area contributed by atoms with Crippen molar-refractivity contribution in [3.8, 4) is 0 Å². The van der Waals surface area contributed by atoms with Crippen LogP contribution in [0.3, 0.4) is 0 Å². The van der Waals surface area contributed by atoms with Gasteiger partial charge in [-0.3, -0.25) is 9.78 Å². The Labute approximate surface area is 135 Å². The van der Waals surface area contributed by atoms with E-state index in [4.69, 9.17) is 0 Å². The highest BCUT2D eigenvalue weighted by Gasteiger charge is 2.24. The summed E-state index contributed by atoms with van der Waals surface area (Å²) < 4.78 is 13.2. The Balaban J connectivity index is 1.83. The monoisotopic (exact) mass is 315 g/mol. The fourth-order valence-electron chi connectivity index (χ4n) is 3.05. The van der Waals surface area contributed by atoms with Crippen molar-refractivity contribution in [2.24, 2.45) is 0 Å². The predicted molar refractivity (Wildman–Crippen MR) is 89.5 cm³/mol. The van der Waals surface area contributed by atoms with E-state index >= 15 is 0 Å². The molecule has 0 spiro atoms. The van der Waals surface area contributed by atoms with Gasteiger partial charge in [0.05, 0.1) is 11.1 Å². The molecule has 1 saturated heterocycles. The molecule has 23 heavy (non-hydrogen) atoms. The molecular weight excluding hydrogens is 293 g/mol. The Hall–Kier alpha value is -2.01. The first-order chi connectivity index (χ1) is 11.1. The molecule has 0 saturated carbocycles. The Morgan fingerprint density at radius 3 is 2.96 bits per heavy atom. The van der Waals surface area contributed by atoms with E-state index in [2.05, 4.69) is 22.5 Å². The van der Waals surface area contributed by atoms with Crippen LogP contribution in [0, 0.1) is 6.92 Å². The van der Waals surface area contributed by atoms with Gasteiger partial charge < -0.3 is 10.6 Å². The summed E-state index contributed by atoms with van der Waals surface area (Å²) in [7, 11) is 0. The summed E-state index contributed by atoms with van der Waals surface area (Å²) in [4.78, 5) is 17.1. The molecule has 1 aliphatic rings. The van der Waals surface area contributed by atoms with Crippen molar-refractivity contribution >= 4 is 16.8 Å². The highest BCUT2D eigenvalue weighted by atomic mass is 19.1. The molecule has 122 valence electrons. The third-order valence-corrected chi connectivity index (χ3v) is 4.33. The molecule has 2 heterocycles. The van der Waals surface area contributed by atoms with Crippen LogP contribution in [-0.4, -0.2) is 36.2 Å². The zero-order valence-electron chi connectivity index (χ0n) is 13.5. The number of carbonyl (C=O) groups excluding carboxylic acids is 1. The smallest absolute Gasteiger partial charge is 0.252 e. The van der Waals surface area contributed by atoms with Crippen LogP contribution in [0.15, 0.2) is 24.3 Å². The number of nitrogens with zero attached hydrogens (tertiary/aromatic N) is 1. The van der Waals surface area contributed by atoms with Gasteiger partial charge >= 0.3 is 0 Å². The summed E-state index contributed by atoms with van der Waals surface area (Å²) in [6.07, 6.45) is 0.554. The number of benzene rings is 1. The molecule has 0 bridgehead atoms. The molecule has 0 radical (unpaired) electrons. The zero-order chi connectivity index (χ0) is 16.4. The van der Waals surface area contributed by atoms with Crippen molar-refractivity contribution in [2.45, 2.75) is 38.9 Å². The van der Waals surface area contributed by atoms with Crippen molar-refractivity contribution in [1.29, 1.82) is 0 Å². The van der Waals surface area contributed by atoms with Gasteiger partial charge in [0.1, 0.15) is 6.17 Å². The van der Waals surface area contributed by atoms with E-state index in [1.807, 2.05) is 31.2 Å². The van der Waals surface area contributed by atoms with Crippen LogP contribution in [0.1, 0.15) is 35.0 Å². The van der Waals surface area contributed by atoms with Crippen LogP contribution in [0.2, 0.25) is 0 Å². The fraction of sp³-hybridized carbons (Fsp3) is 0.444. The number of carbonyl (C=O) groups is 1. The molecule has 0 aliphatic carbocycles. The molecule has 1 aromatic carbocycles. The van der Waals surface area contributed by atoms with E-state index in [0.717, 1.165) is 23.0 Å². The van der Waals surface area contributed by atoms with Crippen molar-refractivity contribution in [2.75, 3.05) is 13.1 Å². The van der Waals surface area contributed by atoms with Crippen LogP contribution in [0.25, 0.3) is 10.9 Å². The van der Waals surface area contributed by atoms with Crippen LogP contribution in [0.5, 0.6) is 0 Å². The number of hydrogen-bond acceptors (Lipinski definition) is 3.